The summed E-state index contributed by atoms with van der Waals surface area (Å²) in [4.78, 5) is 8.71. The van der Waals surface area contributed by atoms with Gasteiger partial charge in [0, 0.05) is 17.1 Å². The number of halogens is 2. The van der Waals surface area contributed by atoms with E-state index in [1.165, 1.54) is 6.07 Å². The summed E-state index contributed by atoms with van der Waals surface area (Å²) in [6.07, 6.45) is 0.997. The first-order valence-electron chi connectivity index (χ1n) is 6.82. The van der Waals surface area contributed by atoms with Crippen LogP contribution in [0.15, 0.2) is 18.2 Å². The van der Waals surface area contributed by atoms with Crippen molar-refractivity contribution in [3.63, 3.8) is 0 Å². The molecule has 1 heterocycles. The molecule has 4 nitrogen and oxygen atoms in total. The fourth-order valence-corrected chi connectivity index (χ4v) is 2.04. The maximum Gasteiger partial charge on any atom is 0.148 e. The molecule has 0 bridgehead atoms. The summed E-state index contributed by atoms with van der Waals surface area (Å²) < 4.78 is 13.9. The molecular formula is C15H18ClFN4. The predicted octanol–water partition coefficient (Wildman–Crippen LogP) is 4.45. The fourth-order valence-electron chi connectivity index (χ4n) is 1.88. The van der Waals surface area contributed by atoms with E-state index >= 15 is 0 Å². The Hall–Kier alpha value is -1.88. The highest BCUT2D eigenvalue weighted by Gasteiger charge is 2.11. The first-order valence-corrected chi connectivity index (χ1v) is 7.20. The van der Waals surface area contributed by atoms with Gasteiger partial charge in [0.25, 0.3) is 0 Å². The lowest BCUT2D eigenvalue weighted by atomic mass is 10.2. The van der Waals surface area contributed by atoms with Gasteiger partial charge in [-0.1, -0.05) is 18.5 Å². The molecule has 0 saturated carbocycles. The highest BCUT2D eigenvalue weighted by Crippen LogP contribution is 2.26. The van der Waals surface area contributed by atoms with Gasteiger partial charge in [-0.2, -0.15) is 0 Å². The first kappa shape index (κ1) is 15.5. The molecule has 112 valence electrons. The van der Waals surface area contributed by atoms with Gasteiger partial charge < -0.3 is 10.6 Å². The van der Waals surface area contributed by atoms with Crippen LogP contribution in [0, 0.1) is 19.7 Å². The highest BCUT2D eigenvalue weighted by atomic mass is 35.5. The second-order valence-corrected chi connectivity index (χ2v) is 5.21. The Morgan fingerprint density at radius 3 is 2.57 bits per heavy atom. The van der Waals surface area contributed by atoms with E-state index in [4.69, 9.17) is 11.6 Å². The summed E-state index contributed by atoms with van der Waals surface area (Å²) in [5.41, 5.74) is 1.19. The molecule has 2 N–H and O–H groups in total. The SMILES string of the molecule is CCCNc1nc(C)nc(Nc2ccc(Cl)cc2F)c1C. The van der Waals surface area contributed by atoms with E-state index in [-0.39, 0.29) is 0 Å². The standard InChI is InChI=1S/C15H18ClFN4/c1-4-7-18-14-9(2)15(20-10(3)19-14)21-13-6-5-11(16)8-12(13)17/h5-6,8H,4,7H2,1-3H3,(H2,18,19,20,21). The van der Waals surface area contributed by atoms with E-state index in [0.717, 1.165) is 24.3 Å². The molecule has 1 aromatic heterocycles. The first-order chi connectivity index (χ1) is 10.0. The number of hydrogen-bond acceptors (Lipinski definition) is 4. The quantitative estimate of drug-likeness (QED) is 0.856. The molecule has 0 aliphatic carbocycles. The number of rotatable bonds is 5. The molecule has 0 fully saturated rings. The van der Waals surface area contributed by atoms with E-state index in [2.05, 4.69) is 27.5 Å². The number of anilines is 3. The van der Waals surface area contributed by atoms with E-state index in [9.17, 15) is 4.39 Å². The van der Waals surface area contributed by atoms with Crippen molar-refractivity contribution in [2.45, 2.75) is 27.2 Å². The van der Waals surface area contributed by atoms with Crippen LogP contribution in [0.1, 0.15) is 24.7 Å². The van der Waals surface area contributed by atoms with Gasteiger partial charge in [0.05, 0.1) is 5.69 Å². The second-order valence-electron chi connectivity index (χ2n) is 4.77. The van der Waals surface area contributed by atoms with Crippen molar-refractivity contribution in [2.75, 3.05) is 17.2 Å². The van der Waals surface area contributed by atoms with Gasteiger partial charge in [-0.25, -0.2) is 14.4 Å². The van der Waals surface area contributed by atoms with E-state index in [1.807, 2.05) is 6.92 Å². The zero-order chi connectivity index (χ0) is 15.4. The summed E-state index contributed by atoms with van der Waals surface area (Å²) in [6, 6.07) is 4.49. The third-order valence-electron chi connectivity index (χ3n) is 2.98. The van der Waals surface area contributed by atoms with Crippen LogP contribution in [-0.2, 0) is 0 Å². The Kier molecular flexibility index (Phi) is 4.96. The number of hydrogen-bond donors (Lipinski definition) is 2. The van der Waals surface area contributed by atoms with Crippen molar-refractivity contribution in [3.05, 3.63) is 40.4 Å². The van der Waals surface area contributed by atoms with Crippen LogP contribution in [0.4, 0.5) is 21.7 Å². The van der Waals surface area contributed by atoms with Gasteiger partial charge in [0.15, 0.2) is 0 Å². The second kappa shape index (κ2) is 6.72. The monoisotopic (exact) mass is 308 g/mol. The van der Waals surface area contributed by atoms with Crippen LogP contribution in [0.3, 0.4) is 0 Å². The third-order valence-corrected chi connectivity index (χ3v) is 3.22. The number of nitrogens with one attached hydrogen (secondary N) is 2. The van der Waals surface area contributed by atoms with Crippen molar-refractivity contribution in [1.29, 1.82) is 0 Å². The number of aromatic nitrogens is 2. The van der Waals surface area contributed by atoms with Crippen molar-refractivity contribution >= 4 is 28.9 Å². The number of benzene rings is 1. The van der Waals surface area contributed by atoms with Crippen LogP contribution >= 0.6 is 11.6 Å². The summed E-state index contributed by atoms with van der Waals surface area (Å²) in [6.45, 7) is 6.61. The normalized spacial score (nSPS) is 10.5. The fraction of sp³-hybridized carbons (Fsp3) is 0.333. The molecule has 6 heteroatoms. The molecule has 21 heavy (non-hydrogen) atoms. The summed E-state index contributed by atoms with van der Waals surface area (Å²) in [5.74, 6) is 1.56. The highest BCUT2D eigenvalue weighted by molar-refractivity contribution is 6.30. The Balaban J connectivity index is 2.32. The topological polar surface area (TPSA) is 49.8 Å². The van der Waals surface area contributed by atoms with Gasteiger partial charge in [-0.05, 0) is 38.5 Å². The molecule has 0 aliphatic heterocycles. The lowest BCUT2D eigenvalue weighted by molar-refractivity contribution is 0.632. The molecule has 2 rings (SSSR count). The molecule has 0 radical (unpaired) electrons. The molecule has 0 spiro atoms. The Morgan fingerprint density at radius 1 is 1.19 bits per heavy atom. The molecule has 0 saturated heterocycles. The minimum absolute atomic E-state index is 0.335. The maximum atomic E-state index is 13.9. The van der Waals surface area contributed by atoms with Crippen LogP contribution < -0.4 is 10.6 Å². The molecule has 0 aliphatic rings. The van der Waals surface area contributed by atoms with Gasteiger partial charge in [-0.15, -0.1) is 0 Å². The van der Waals surface area contributed by atoms with Gasteiger partial charge in [-0.3, -0.25) is 0 Å². The Labute approximate surface area is 128 Å². The van der Waals surface area contributed by atoms with Gasteiger partial charge >= 0.3 is 0 Å². The number of nitrogens with zero attached hydrogens (tertiary/aromatic N) is 2. The minimum atomic E-state index is -0.416. The van der Waals surface area contributed by atoms with Crippen LogP contribution in [0.25, 0.3) is 0 Å². The van der Waals surface area contributed by atoms with Crippen LogP contribution in [-0.4, -0.2) is 16.5 Å². The molecule has 2 aromatic rings. The summed E-state index contributed by atoms with van der Waals surface area (Å²) in [7, 11) is 0. The Bertz CT molecular complexity index is 646. The average Bonchev–Trinajstić information content (AvgIpc) is 2.43. The zero-order valence-electron chi connectivity index (χ0n) is 12.3. The van der Waals surface area contributed by atoms with Crippen molar-refractivity contribution in [3.8, 4) is 0 Å². The maximum absolute atomic E-state index is 13.9. The summed E-state index contributed by atoms with van der Waals surface area (Å²) >= 11 is 5.76. The molecule has 0 amide bonds. The van der Waals surface area contributed by atoms with E-state index in [1.54, 1.807) is 19.1 Å². The average molecular weight is 309 g/mol. The predicted molar refractivity (Wildman–Crippen MR) is 85.0 cm³/mol. The number of aryl methyl sites for hydroxylation is 1. The Morgan fingerprint density at radius 2 is 1.90 bits per heavy atom. The van der Waals surface area contributed by atoms with Crippen LogP contribution in [0.5, 0.6) is 0 Å². The van der Waals surface area contributed by atoms with E-state index < -0.39 is 5.82 Å². The van der Waals surface area contributed by atoms with Crippen molar-refractivity contribution in [1.82, 2.24) is 9.97 Å². The molecule has 0 atom stereocenters. The van der Waals surface area contributed by atoms with Crippen molar-refractivity contribution in [2.24, 2.45) is 0 Å². The minimum Gasteiger partial charge on any atom is -0.370 e. The van der Waals surface area contributed by atoms with Crippen molar-refractivity contribution < 1.29 is 4.39 Å². The molecule has 1 aromatic carbocycles. The summed E-state index contributed by atoms with van der Waals surface area (Å²) in [5, 5.41) is 6.61. The molecule has 0 unspecified atom stereocenters. The third kappa shape index (κ3) is 3.82. The lowest BCUT2D eigenvalue weighted by Gasteiger charge is -2.14. The van der Waals surface area contributed by atoms with Gasteiger partial charge in [0.1, 0.15) is 23.3 Å². The lowest BCUT2D eigenvalue weighted by Crippen LogP contribution is -2.09. The van der Waals surface area contributed by atoms with E-state index in [0.29, 0.717) is 22.4 Å². The molecular weight excluding hydrogens is 291 g/mol. The smallest absolute Gasteiger partial charge is 0.148 e. The zero-order valence-corrected chi connectivity index (χ0v) is 13.1. The largest absolute Gasteiger partial charge is 0.370 e. The van der Waals surface area contributed by atoms with Gasteiger partial charge in [0.2, 0.25) is 0 Å². The van der Waals surface area contributed by atoms with Crippen LogP contribution in [0.2, 0.25) is 5.02 Å².